The minimum absolute atomic E-state index is 0.181. The molecule has 1 N–H and O–H groups in total. The Morgan fingerprint density at radius 2 is 2.17 bits per heavy atom. The van der Waals surface area contributed by atoms with Crippen molar-refractivity contribution in [2.45, 2.75) is 50.7 Å². The molecule has 0 bridgehead atoms. The van der Waals surface area contributed by atoms with Crippen molar-refractivity contribution in [3.63, 3.8) is 0 Å². The summed E-state index contributed by atoms with van der Waals surface area (Å²) in [5.74, 6) is 2.52. The van der Waals surface area contributed by atoms with E-state index >= 15 is 0 Å². The van der Waals surface area contributed by atoms with Gasteiger partial charge in [-0.15, -0.1) is 0 Å². The third kappa shape index (κ3) is 3.62. The maximum Gasteiger partial charge on any atom is 0.0713 e. The normalized spacial score (nSPS) is 27.8. The lowest BCUT2D eigenvalue weighted by Crippen LogP contribution is -2.50. The summed E-state index contributed by atoms with van der Waals surface area (Å²) in [6.07, 6.45) is 5.71. The molecule has 0 saturated carbocycles. The Labute approximate surface area is 115 Å². The van der Waals surface area contributed by atoms with Crippen molar-refractivity contribution in [1.29, 1.82) is 0 Å². The van der Waals surface area contributed by atoms with Gasteiger partial charge in [0.2, 0.25) is 0 Å². The molecule has 4 heteroatoms. The number of hydrogen-bond donors (Lipinski definition) is 1. The van der Waals surface area contributed by atoms with Crippen molar-refractivity contribution in [3.8, 4) is 0 Å². The topological polar surface area (TPSA) is 32.7 Å². The van der Waals surface area contributed by atoms with Crippen LogP contribution in [0.4, 0.5) is 0 Å². The smallest absolute Gasteiger partial charge is 0.0713 e. The van der Waals surface area contributed by atoms with Crippen LogP contribution in [0.1, 0.15) is 39.0 Å². The Balaban J connectivity index is 1.91. The fraction of sp³-hybridized carbons (Fsp3) is 1.00. The van der Waals surface area contributed by atoms with Crippen molar-refractivity contribution in [1.82, 2.24) is 4.90 Å². The van der Waals surface area contributed by atoms with Crippen molar-refractivity contribution < 1.29 is 9.84 Å². The molecule has 0 aromatic heterocycles. The van der Waals surface area contributed by atoms with Crippen LogP contribution in [-0.4, -0.2) is 59.5 Å². The number of nitrogens with zero attached hydrogens (tertiary/aromatic N) is 1. The van der Waals surface area contributed by atoms with Gasteiger partial charge in [-0.25, -0.2) is 0 Å². The second kappa shape index (κ2) is 7.13. The largest absolute Gasteiger partial charge is 0.396 e. The summed E-state index contributed by atoms with van der Waals surface area (Å²) in [5, 5.41) is 9.00. The van der Waals surface area contributed by atoms with Gasteiger partial charge >= 0.3 is 0 Å². The van der Waals surface area contributed by atoms with E-state index in [0.29, 0.717) is 12.6 Å². The second-order valence-electron chi connectivity index (χ2n) is 5.50. The van der Waals surface area contributed by atoms with Crippen LogP contribution in [-0.2, 0) is 4.74 Å². The Kier molecular flexibility index (Phi) is 5.80. The van der Waals surface area contributed by atoms with Gasteiger partial charge in [0.05, 0.1) is 5.60 Å². The molecular weight excluding hydrogens is 246 g/mol. The fourth-order valence-corrected chi connectivity index (χ4v) is 4.51. The zero-order valence-electron chi connectivity index (χ0n) is 11.6. The number of ether oxygens (including phenoxy) is 1. The molecule has 0 aliphatic carbocycles. The molecule has 0 radical (unpaired) electrons. The molecular formula is C14H27NO2S. The van der Waals surface area contributed by atoms with Crippen molar-refractivity contribution in [2.75, 3.05) is 37.8 Å². The maximum absolute atomic E-state index is 9.00. The van der Waals surface area contributed by atoms with E-state index in [-0.39, 0.29) is 5.60 Å². The molecule has 0 aromatic rings. The van der Waals surface area contributed by atoms with Crippen molar-refractivity contribution in [3.05, 3.63) is 0 Å². The minimum Gasteiger partial charge on any atom is -0.396 e. The average Bonchev–Trinajstić information content (AvgIpc) is 2.41. The van der Waals surface area contributed by atoms with E-state index in [1.807, 2.05) is 0 Å². The number of hydrogen-bond acceptors (Lipinski definition) is 4. The van der Waals surface area contributed by atoms with E-state index in [4.69, 9.17) is 9.84 Å². The molecule has 18 heavy (non-hydrogen) atoms. The Bertz CT molecular complexity index is 238. The van der Waals surface area contributed by atoms with Gasteiger partial charge in [-0.2, -0.15) is 11.8 Å². The summed E-state index contributed by atoms with van der Waals surface area (Å²) in [4.78, 5) is 2.54. The molecule has 1 atom stereocenters. The first-order chi connectivity index (χ1) is 8.79. The molecule has 3 nitrogen and oxygen atoms in total. The van der Waals surface area contributed by atoms with Gasteiger partial charge in [0.15, 0.2) is 0 Å². The van der Waals surface area contributed by atoms with Gasteiger partial charge in [0.1, 0.15) is 0 Å². The van der Waals surface area contributed by atoms with E-state index in [1.54, 1.807) is 0 Å². The van der Waals surface area contributed by atoms with Gasteiger partial charge < -0.3 is 14.7 Å². The molecule has 2 aliphatic rings. The third-order valence-electron chi connectivity index (χ3n) is 4.40. The monoisotopic (exact) mass is 273 g/mol. The van der Waals surface area contributed by atoms with Crippen LogP contribution >= 0.6 is 11.8 Å². The fourth-order valence-electron chi connectivity index (χ4n) is 3.28. The zero-order valence-corrected chi connectivity index (χ0v) is 12.4. The number of thioether (sulfide) groups is 1. The maximum atomic E-state index is 9.00. The zero-order chi connectivity index (χ0) is 12.8. The van der Waals surface area contributed by atoms with Crippen LogP contribution in [0.15, 0.2) is 0 Å². The molecule has 1 spiro atoms. The molecule has 2 rings (SSSR count). The Hall–Kier alpha value is 0.230. The number of rotatable bonds is 5. The van der Waals surface area contributed by atoms with Crippen LogP contribution in [0.3, 0.4) is 0 Å². The first kappa shape index (κ1) is 14.6. The van der Waals surface area contributed by atoms with Crippen LogP contribution in [0.2, 0.25) is 0 Å². The van der Waals surface area contributed by atoms with Gasteiger partial charge in [-0.1, -0.05) is 6.92 Å². The van der Waals surface area contributed by atoms with E-state index in [1.165, 1.54) is 30.8 Å². The summed E-state index contributed by atoms with van der Waals surface area (Å²) in [7, 11) is 0. The van der Waals surface area contributed by atoms with Gasteiger partial charge in [-0.05, 0) is 50.2 Å². The highest BCUT2D eigenvalue weighted by Crippen LogP contribution is 2.38. The van der Waals surface area contributed by atoms with E-state index in [9.17, 15) is 0 Å². The lowest BCUT2D eigenvalue weighted by Gasteiger charge is -2.46. The first-order valence-electron chi connectivity index (χ1n) is 7.36. The highest BCUT2D eigenvalue weighted by molar-refractivity contribution is 7.99. The van der Waals surface area contributed by atoms with E-state index < -0.39 is 0 Å². The summed E-state index contributed by atoms with van der Waals surface area (Å²) in [6, 6.07) is 0.665. The second-order valence-corrected chi connectivity index (χ2v) is 6.72. The van der Waals surface area contributed by atoms with Crippen LogP contribution < -0.4 is 0 Å². The first-order valence-corrected chi connectivity index (χ1v) is 8.52. The molecule has 0 aromatic carbocycles. The van der Waals surface area contributed by atoms with E-state index in [0.717, 1.165) is 32.5 Å². The molecule has 1 unspecified atom stereocenters. The van der Waals surface area contributed by atoms with Crippen molar-refractivity contribution in [2.24, 2.45) is 0 Å². The molecule has 2 aliphatic heterocycles. The van der Waals surface area contributed by atoms with Crippen molar-refractivity contribution >= 4 is 11.8 Å². The highest BCUT2D eigenvalue weighted by atomic mass is 32.2. The molecule has 0 amide bonds. The van der Waals surface area contributed by atoms with Crippen LogP contribution in [0, 0.1) is 0 Å². The SMILES string of the molecule is CCN(CCCO)C1CCOC2(CCSCC2)C1. The lowest BCUT2D eigenvalue weighted by molar-refractivity contribution is -0.110. The molecule has 2 heterocycles. The summed E-state index contributed by atoms with van der Waals surface area (Å²) >= 11 is 2.07. The summed E-state index contributed by atoms with van der Waals surface area (Å²) < 4.78 is 6.15. The van der Waals surface area contributed by atoms with Crippen LogP contribution in [0.25, 0.3) is 0 Å². The standard InChI is InChI=1S/C14H27NO2S/c1-2-15(7-3-8-16)13-4-9-17-14(12-13)5-10-18-11-6-14/h13,16H,2-12H2,1H3. The number of aliphatic hydroxyl groups is 1. The third-order valence-corrected chi connectivity index (χ3v) is 5.38. The lowest BCUT2D eigenvalue weighted by atomic mass is 9.85. The Morgan fingerprint density at radius 3 is 2.83 bits per heavy atom. The summed E-state index contributed by atoms with van der Waals surface area (Å²) in [5.41, 5.74) is 0.181. The quantitative estimate of drug-likeness (QED) is 0.832. The minimum atomic E-state index is 0.181. The molecule has 106 valence electrons. The van der Waals surface area contributed by atoms with Gasteiger partial charge in [-0.3, -0.25) is 0 Å². The van der Waals surface area contributed by atoms with Gasteiger partial charge in [0.25, 0.3) is 0 Å². The predicted octanol–water partition coefficient (Wildman–Crippen LogP) is 2.14. The van der Waals surface area contributed by atoms with Crippen LogP contribution in [0.5, 0.6) is 0 Å². The molecule has 2 fully saturated rings. The van der Waals surface area contributed by atoms with E-state index in [2.05, 4.69) is 23.6 Å². The average molecular weight is 273 g/mol. The molecule has 2 saturated heterocycles. The summed E-state index contributed by atoms with van der Waals surface area (Å²) in [6.45, 7) is 5.58. The van der Waals surface area contributed by atoms with Gasteiger partial charge in [0, 0.05) is 25.8 Å². The highest BCUT2D eigenvalue weighted by Gasteiger charge is 2.39. The number of aliphatic hydroxyl groups excluding tert-OH is 1. The predicted molar refractivity (Wildman–Crippen MR) is 77.2 cm³/mol. The Morgan fingerprint density at radius 1 is 1.39 bits per heavy atom.